The zero-order valence-corrected chi connectivity index (χ0v) is 30.9. The van der Waals surface area contributed by atoms with Gasteiger partial charge < -0.3 is 59.3 Å². The van der Waals surface area contributed by atoms with E-state index in [0.29, 0.717) is 98.0 Å². The topological polar surface area (TPSA) is 194 Å². The van der Waals surface area contributed by atoms with Gasteiger partial charge in [0.15, 0.2) is 17.3 Å². The quantitative estimate of drug-likeness (QED) is 0.0616. The molecule has 1 aliphatic heterocycles. The summed E-state index contributed by atoms with van der Waals surface area (Å²) in [6.45, 7) is -0.300. The molecular formula is C41H45N3O11. The minimum Gasteiger partial charge on any atom is -0.497 e. The molecule has 290 valence electrons. The highest BCUT2D eigenvalue weighted by Gasteiger charge is 2.26. The minimum atomic E-state index is -0.471. The van der Waals surface area contributed by atoms with Crippen LogP contribution in [-0.4, -0.2) is 66.0 Å². The van der Waals surface area contributed by atoms with Crippen LogP contribution in [0.2, 0.25) is 0 Å². The van der Waals surface area contributed by atoms with Crippen LogP contribution in [0.4, 0.5) is 5.69 Å². The molecule has 6 N–H and O–H groups in total. The Labute approximate surface area is 318 Å². The van der Waals surface area contributed by atoms with E-state index in [4.69, 9.17) is 28.2 Å². The third kappa shape index (κ3) is 8.63. The summed E-state index contributed by atoms with van der Waals surface area (Å²) in [6, 6.07) is 19.4. The van der Waals surface area contributed by atoms with Gasteiger partial charge in [0.05, 0.1) is 66.5 Å². The predicted octanol–water partition coefficient (Wildman–Crippen LogP) is 5.49. The maximum atomic E-state index is 12.8. The number of methoxy groups -OCH3 is 3. The van der Waals surface area contributed by atoms with Crippen molar-refractivity contribution in [3.8, 4) is 51.3 Å². The van der Waals surface area contributed by atoms with Crippen molar-refractivity contribution in [2.45, 2.75) is 51.9 Å². The fourth-order valence-corrected chi connectivity index (χ4v) is 6.45. The van der Waals surface area contributed by atoms with E-state index in [2.05, 4.69) is 15.8 Å². The molecule has 0 radical (unpaired) electrons. The number of rotatable bonds is 18. The monoisotopic (exact) mass is 755 g/mol. The molecule has 0 bridgehead atoms. The molecule has 55 heavy (non-hydrogen) atoms. The van der Waals surface area contributed by atoms with Gasteiger partial charge in [0.1, 0.15) is 23.4 Å². The number of nitrogens with zero attached hydrogens (tertiary/aromatic N) is 1. The average Bonchev–Trinajstić information content (AvgIpc) is 3.73. The Kier molecular flexibility index (Phi) is 12.7. The predicted molar refractivity (Wildman–Crippen MR) is 202 cm³/mol. The number of carbonyl (C=O) groups is 1. The lowest BCUT2D eigenvalue weighted by Crippen LogP contribution is -2.38. The number of anilines is 1. The second-order valence-electron chi connectivity index (χ2n) is 12.8. The highest BCUT2D eigenvalue weighted by atomic mass is 16.5. The molecular weight excluding hydrogens is 710 g/mol. The van der Waals surface area contributed by atoms with Crippen molar-refractivity contribution in [3.63, 3.8) is 0 Å². The van der Waals surface area contributed by atoms with Crippen LogP contribution in [0.3, 0.4) is 0 Å². The summed E-state index contributed by atoms with van der Waals surface area (Å²) < 4.78 is 34.4. The highest BCUT2D eigenvalue weighted by Crippen LogP contribution is 2.42. The van der Waals surface area contributed by atoms with Crippen molar-refractivity contribution in [2.75, 3.05) is 39.9 Å². The van der Waals surface area contributed by atoms with Gasteiger partial charge in [-0.3, -0.25) is 4.79 Å². The average molecular weight is 756 g/mol. The number of aromatic nitrogens is 1. The van der Waals surface area contributed by atoms with Gasteiger partial charge >= 0.3 is 0 Å². The summed E-state index contributed by atoms with van der Waals surface area (Å²) in [4.78, 5) is 12.8. The normalized spacial score (nSPS) is 13.4. The van der Waals surface area contributed by atoms with Crippen LogP contribution in [0.25, 0.3) is 22.6 Å². The zero-order valence-electron chi connectivity index (χ0n) is 30.9. The summed E-state index contributed by atoms with van der Waals surface area (Å²) >= 11 is 0. The lowest BCUT2D eigenvalue weighted by Gasteiger charge is -2.29. The molecule has 1 unspecified atom stereocenters. The second-order valence-corrected chi connectivity index (χ2v) is 12.8. The molecule has 4 aromatic carbocycles. The molecule has 0 aliphatic carbocycles. The fraction of sp³-hybridized carbons (Fsp3) is 0.317. The number of carbonyl (C=O) groups excluding carboxylic acids is 1. The van der Waals surface area contributed by atoms with E-state index in [1.807, 2.05) is 12.1 Å². The van der Waals surface area contributed by atoms with Crippen molar-refractivity contribution < 1.29 is 53.4 Å². The number of benzene rings is 4. The maximum Gasteiger partial charge on any atom is 0.255 e. The van der Waals surface area contributed by atoms with Gasteiger partial charge in [0.25, 0.3) is 5.91 Å². The van der Waals surface area contributed by atoms with Gasteiger partial charge in [-0.1, -0.05) is 11.2 Å². The molecule has 1 aromatic heterocycles. The molecule has 0 spiro atoms. The number of fused-ring (bicyclic) bond motifs is 1. The first-order valence-electron chi connectivity index (χ1n) is 17.8. The molecule has 14 nitrogen and oxygen atoms in total. The Morgan fingerprint density at radius 2 is 1.36 bits per heavy atom. The van der Waals surface area contributed by atoms with Crippen LogP contribution in [0, 0.1) is 0 Å². The smallest absolute Gasteiger partial charge is 0.255 e. The number of amides is 1. The molecule has 1 amide bonds. The number of hydrogen-bond acceptors (Lipinski definition) is 13. The van der Waals surface area contributed by atoms with Crippen molar-refractivity contribution in [2.24, 2.45) is 0 Å². The molecule has 5 aromatic rings. The lowest BCUT2D eigenvalue weighted by molar-refractivity contribution is 0.0935. The first kappa shape index (κ1) is 38.9. The van der Waals surface area contributed by atoms with Gasteiger partial charge in [0, 0.05) is 28.4 Å². The lowest BCUT2D eigenvalue weighted by atomic mass is 9.97. The van der Waals surface area contributed by atoms with Gasteiger partial charge in [-0.25, -0.2) is 0 Å². The Morgan fingerprint density at radius 1 is 0.673 bits per heavy atom. The summed E-state index contributed by atoms with van der Waals surface area (Å²) in [5.41, 5.74) is 5.80. The summed E-state index contributed by atoms with van der Waals surface area (Å²) in [5.74, 6) is 2.73. The summed E-state index contributed by atoms with van der Waals surface area (Å²) in [6.07, 6.45) is 1.82. The van der Waals surface area contributed by atoms with Gasteiger partial charge in [0.2, 0.25) is 5.75 Å². The summed E-state index contributed by atoms with van der Waals surface area (Å²) in [5, 5.41) is 49.9. The van der Waals surface area contributed by atoms with E-state index in [0.717, 1.165) is 24.8 Å². The number of unbranched alkanes of at least 4 members (excludes halogenated alkanes) is 2. The van der Waals surface area contributed by atoms with Crippen LogP contribution < -0.4 is 34.3 Å². The van der Waals surface area contributed by atoms with Crippen molar-refractivity contribution in [1.82, 2.24) is 10.5 Å². The Morgan fingerprint density at radius 3 is 2.00 bits per heavy atom. The Hall–Kier alpha value is -5.80. The molecule has 1 atom stereocenters. The van der Waals surface area contributed by atoms with E-state index in [9.17, 15) is 25.2 Å². The van der Waals surface area contributed by atoms with Crippen LogP contribution in [0.15, 0.2) is 71.3 Å². The zero-order chi connectivity index (χ0) is 38.9. The van der Waals surface area contributed by atoms with Gasteiger partial charge in [-0.05, 0) is 96.1 Å². The molecule has 6 rings (SSSR count). The van der Waals surface area contributed by atoms with E-state index in [1.54, 1.807) is 61.7 Å². The molecule has 0 fully saturated rings. The number of hydrogen-bond donors (Lipinski definition) is 6. The molecule has 0 saturated heterocycles. The van der Waals surface area contributed by atoms with E-state index < -0.39 is 6.17 Å². The Balaban J connectivity index is 1.02. The molecule has 1 aliphatic rings. The fourth-order valence-electron chi connectivity index (χ4n) is 6.45. The standard InChI is InChI=1S/C41H45N3O11/c1-50-30-8-9-33-31(18-30)41(49)43-40(42-33)24-7-10-35(29(13-24)22-47)53-11-5-4-6-12-54-39-37(51-2)16-26(17-38(39)52-3)36-19-34(44-55-36)25-14-27(20-45)32(23-48)28(15-25)21-46/h7-10,13-19,40,42,45-48H,4-6,11-12,20-23H2,1-3H3,(H,43,49). The van der Waals surface area contributed by atoms with Crippen LogP contribution in [0.5, 0.6) is 28.7 Å². The number of ether oxygens (including phenoxy) is 5. The third-order valence-electron chi connectivity index (χ3n) is 9.41. The molecule has 2 heterocycles. The first-order chi connectivity index (χ1) is 26.8. The van der Waals surface area contributed by atoms with E-state index in [1.165, 1.54) is 14.2 Å². The number of aliphatic hydroxyl groups excluding tert-OH is 4. The molecule has 14 heteroatoms. The van der Waals surface area contributed by atoms with Gasteiger partial charge in [-0.15, -0.1) is 0 Å². The summed E-state index contributed by atoms with van der Waals surface area (Å²) in [7, 11) is 4.63. The SMILES string of the molecule is COc1ccc2c(c1)C(=O)NC(c1ccc(OCCCCCOc3c(OC)cc(-c4cc(-c5cc(CO)c(CO)c(CO)c5)no4)cc3OC)c(CO)c1)N2. The maximum absolute atomic E-state index is 12.8. The largest absolute Gasteiger partial charge is 0.497 e. The third-order valence-corrected chi connectivity index (χ3v) is 9.41. The Bertz CT molecular complexity index is 2070. The van der Waals surface area contributed by atoms with Gasteiger partial charge in [-0.2, -0.15) is 0 Å². The van der Waals surface area contributed by atoms with Crippen molar-refractivity contribution in [1.29, 1.82) is 0 Å². The highest BCUT2D eigenvalue weighted by molar-refractivity contribution is 6.02. The second kappa shape index (κ2) is 18.0. The van der Waals surface area contributed by atoms with Crippen molar-refractivity contribution >= 4 is 11.6 Å². The molecule has 0 saturated carbocycles. The number of nitrogens with one attached hydrogen (secondary N) is 2. The van der Waals surface area contributed by atoms with E-state index >= 15 is 0 Å². The van der Waals surface area contributed by atoms with E-state index in [-0.39, 0.29) is 32.3 Å². The number of aliphatic hydroxyl groups is 4. The first-order valence-corrected chi connectivity index (χ1v) is 17.8. The van der Waals surface area contributed by atoms with Crippen LogP contribution in [-0.2, 0) is 26.4 Å². The van der Waals surface area contributed by atoms with Crippen LogP contribution in [0.1, 0.15) is 63.6 Å². The van der Waals surface area contributed by atoms with Crippen LogP contribution >= 0.6 is 0 Å². The minimum absolute atomic E-state index is 0.220. The van der Waals surface area contributed by atoms with Crippen molar-refractivity contribution in [3.05, 3.63) is 100 Å².